The molecule has 0 fully saturated rings. The molecule has 0 aliphatic heterocycles. The van der Waals surface area contributed by atoms with Gasteiger partial charge in [-0.15, -0.1) is 11.3 Å². The summed E-state index contributed by atoms with van der Waals surface area (Å²) in [7, 11) is 1.57. The highest BCUT2D eigenvalue weighted by atomic mass is 32.1. The molecule has 6 nitrogen and oxygen atoms in total. The Labute approximate surface area is 153 Å². The molecule has 2 aromatic heterocycles. The van der Waals surface area contributed by atoms with E-state index in [-0.39, 0.29) is 17.1 Å². The van der Waals surface area contributed by atoms with Crippen LogP contribution in [0.1, 0.15) is 23.0 Å². The summed E-state index contributed by atoms with van der Waals surface area (Å²) in [6, 6.07) is 8.63. The molecule has 3 rings (SSSR count). The molecule has 0 aliphatic carbocycles. The fourth-order valence-corrected chi connectivity index (χ4v) is 3.22. The highest BCUT2D eigenvalue weighted by molar-refractivity contribution is 7.07. The first kappa shape index (κ1) is 17.8. The summed E-state index contributed by atoms with van der Waals surface area (Å²) in [5.74, 6) is 1.15. The highest BCUT2D eigenvalue weighted by Gasteiger charge is 2.07. The van der Waals surface area contributed by atoms with Gasteiger partial charge in [0.05, 0.1) is 29.2 Å². The van der Waals surface area contributed by atoms with E-state index in [9.17, 15) is 9.59 Å². The van der Waals surface area contributed by atoms with Gasteiger partial charge in [0.1, 0.15) is 0 Å². The van der Waals surface area contributed by atoms with E-state index >= 15 is 0 Å². The Hall–Kier alpha value is -3.06. The van der Waals surface area contributed by atoms with Crippen molar-refractivity contribution in [3.05, 3.63) is 67.5 Å². The lowest BCUT2D eigenvalue weighted by atomic mass is 10.2. The van der Waals surface area contributed by atoms with E-state index in [1.807, 2.05) is 13.0 Å². The number of hydrogen-bond acceptors (Lipinski definition) is 6. The average Bonchev–Trinajstić information content (AvgIpc) is 3.26. The number of benzene rings is 1. The van der Waals surface area contributed by atoms with Gasteiger partial charge in [0, 0.05) is 6.08 Å². The molecule has 0 spiro atoms. The van der Waals surface area contributed by atoms with Crippen LogP contribution in [0.3, 0.4) is 0 Å². The number of ketones is 1. The molecule has 0 saturated carbocycles. The molecule has 2 heterocycles. The van der Waals surface area contributed by atoms with Crippen molar-refractivity contribution in [1.29, 1.82) is 0 Å². The van der Waals surface area contributed by atoms with Crippen LogP contribution in [-0.2, 0) is 0 Å². The van der Waals surface area contributed by atoms with Crippen LogP contribution in [-0.4, -0.2) is 24.5 Å². The van der Waals surface area contributed by atoms with Crippen LogP contribution in [0.4, 0.5) is 0 Å². The first-order valence-corrected chi connectivity index (χ1v) is 8.73. The van der Waals surface area contributed by atoms with Gasteiger partial charge in [0.2, 0.25) is 5.78 Å². The fraction of sp³-hybridized carbons (Fsp3) is 0.158. The number of methoxy groups -OCH3 is 1. The summed E-state index contributed by atoms with van der Waals surface area (Å²) in [6.45, 7) is 2.39. The van der Waals surface area contributed by atoms with Crippen LogP contribution in [0.25, 0.3) is 12.2 Å². The van der Waals surface area contributed by atoms with Crippen LogP contribution in [0, 0.1) is 0 Å². The Morgan fingerprint density at radius 1 is 1.31 bits per heavy atom. The SMILES string of the molecule is CCOc1cc(/C=c2/s/c(=C\C(=O)c3ccco3)[nH]c2=O)ccc1OC. The zero-order valence-corrected chi connectivity index (χ0v) is 15.1. The number of nitrogens with one attached hydrogen (secondary N) is 1. The first-order valence-electron chi connectivity index (χ1n) is 7.92. The Morgan fingerprint density at radius 3 is 2.85 bits per heavy atom. The number of carbonyl (C=O) groups excluding carboxylic acids is 1. The van der Waals surface area contributed by atoms with E-state index in [0.29, 0.717) is 27.3 Å². The van der Waals surface area contributed by atoms with Crippen LogP contribution in [0.5, 0.6) is 11.5 Å². The molecule has 1 aromatic carbocycles. The van der Waals surface area contributed by atoms with Crippen molar-refractivity contribution in [2.24, 2.45) is 0 Å². The number of furan rings is 1. The number of carbonyl (C=O) groups is 1. The van der Waals surface area contributed by atoms with Crippen molar-refractivity contribution < 1.29 is 18.7 Å². The number of ether oxygens (including phenoxy) is 2. The number of H-pyrrole nitrogens is 1. The third-order valence-corrected chi connectivity index (χ3v) is 4.45. The molecule has 0 atom stereocenters. The molecule has 0 unspecified atom stereocenters. The number of aromatic amines is 1. The second-order valence-corrected chi connectivity index (χ2v) is 6.34. The number of rotatable bonds is 6. The molecular weight excluding hydrogens is 354 g/mol. The minimum absolute atomic E-state index is 0.223. The number of thiazole rings is 1. The Bertz CT molecular complexity index is 1080. The van der Waals surface area contributed by atoms with Crippen LogP contribution < -0.4 is 24.2 Å². The van der Waals surface area contributed by atoms with Crippen molar-refractivity contribution in [2.45, 2.75) is 6.92 Å². The van der Waals surface area contributed by atoms with Crippen molar-refractivity contribution in [3.63, 3.8) is 0 Å². The first-order chi connectivity index (χ1) is 12.6. The van der Waals surface area contributed by atoms with Crippen molar-refractivity contribution in [1.82, 2.24) is 4.98 Å². The minimum Gasteiger partial charge on any atom is -0.493 e. The van der Waals surface area contributed by atoms with E-state index in [1.54, 1.807) is 37.5 Å². The van der Waals surface area contributed by atoms with Gasteiger partial charge in [-0.05, 0) is 42.8 Å². The van der Waals surface area contributed by atoms with Gasteiger partial charge in [-0.3, -0.25) is 9.59 Å². The van der Waals surface area contributed by atoms with Gasteiger partial charge in [0.15, 0.2) is 17.3 Å². The summed E-state index contributed by atoms with van der Waals surface area (Å²) < 4.78 is 16.8. The molecule has 0 aliphatic rings. The maximum absolute atomic E-state index is 12.2. The van der Waals surface area contributed by atoms with E-state index in [1.165, 1.54) is 23.7 Å². The van der Waals surface area contributed by atoms with E-state index in [2.05, 4.69) is 4.98 Å². The third-order valence-electron chi connectivity index (χ3n) is 3.49. The maximum atomic E-state index is 12.2. The van der Waals surface area contributed by atoms with Crippen LogP contribution in [0.2, 0.25) is 0 Å². The molecule has 3 aromatic rings. The zero-order valence-electron chi connectivity index (χ0n) is 14.3. The summed E-state index contributed by atoms with van der Waals surface area (Å²) in [4.78, 5) is 26.9. The normalized spacial score (nSPS) is 12.4. The average molecular weight is 371 g/mol. The Kier molecular flexibility index (Phi) is 5.38. The molecule has 0 saturated heterocycles. The highest BCUT2D eigenvalue weighted by Crippen LogP contribution is 2.28. The summed E-state index contributed by atoms with van der Waals surface area (Å²) in [6.07, 6.45) is 4.51. The molecule has 7 heteroatoms. The predicted octanol–water partition coefficient (Wildman–Crippen LogP) is 1.93. The summed E-state index contributed by atoms with van der Waals surface area (Å²) in [5, 5.41) is 0. The number of hydrogen-bond donors (Lipinski definition) is 1. The molecule has 0 bridgehead atoms. The van der Waals surface area contributed by atoms with Gasteiger partial charge in [-0.1, -0.05) is 6.07 Å². The van der Waals surface area contributed by atoms with Gasteiger partial charge < -0.3 is 18.9 Å². The predicted molar refractivity (Wildman–Crippen MR) is 99.4 cm³/mol. The van der Waals surface area contributed by atoms with E-state index in [0.717, 1.165) is 5.56 Å². The number of aromatic nitrogens is 1. The van der Waals surface area contributed by atoms with E-state index in [4.69, 9.17) is 13.9 Å². The Balaban J connectivity index is 1.98. The van der Waals surface area contributed by atoms with Gasteiger partial charge in [-0.25, -0.2) is 0 Å². The zero-order chi connectivity index (χ0) is 18.5. The monoisotopic (exact) mass is 371 g/mol. The third kappa shape index (κ3) is 3.94. The number of Topliss-reactive ketones (excluding diaryl/α,β-unsaturated/α-hetero) is 1. The summed E-state index contributed by atoms with van der Waals surface area (Å²) in [5.41, 5.74) is 0.535. The minimum atomic E-state index is -0.304. The van der Waals surface area contributed by atoms with Crippen LogP contribution >= 0.6 is 11.3 Å². The van der Waals surface area contributed by atoms with Crippen LogP contribution in [0.15, 0.2) is 45.8 Å². The standard InChI is InChI=1S/C19H17NO5S/c1-3-24-16-9-12(6-7-15(16)23-2)10-17-19(22)20-18(26-17)11-13(21)14-5-4-8-25-14/h4-11H,3H2,1-2H3,(H,20,22)/b17-10+,18-11-. The second-order valence-electron chi connectivity index (χ2n) is 5.26. The molecule has 134 valence electrons. The molecule has 0 radical (unpaired) electrons. The lowest BCUT2D eigenvalue weighted by molar-refractivity contribution is 0.103. The quantitative estimate of drug-likeness (QED) is 0.670. The fourth-order valence-electron chi connectivity index (χ4n) is 2.34. The maximum Gasteiger partial charge on any atom is 0.266 e. The topological polar surface area (TPSA) is 81.5 Å². The molecule has 26 heavy (non-hydrogen) atoms. The lowest BCUT2D eigenvalue weighted by Gasteiger charge is -2.09. The van der Waals surface area contributed by atoms with Crippen molar-refractivity contribution in [2.75, 3.05) is 13.7 Å². The smallest absolute Gasteiger partial charge is 0.266 e. The van der Waals surface area contributed by atoms with Gasteiger partial charge in [0.25, 0.3) is 5.56 Å². The second kappa shape index (κ2) is 7.88. The summed E-state index contributed by atoms with van der Waals surface area (Å²) >= 11 is 1.20. The van der Waals surface area contributed by atoms with Crippen molar-refractivity contribution in [3.8, 4) is 11.5 Å². The van der Waals surface area contributed by atoms with E-state index < -0.39 is 0 Å². The Morgan fingerprint density at radius 2 is 2.15 bits per heavy atom. The largest absolute Gasteiger partial charge is 0.493 e. The van der Waals surface area contributed by atoms with Gasteiger partial charge >= 0.3 is 0 Å². The van der Waals surface area contributed by atoms with Gasteiger partial charge in [-0.2, -0.15) is 0 Å². The lowest BCUT2D eigenvalue weighted by Crippen LogP contribution is -2.20. The molecule has 1 N–H and O–H groups in total. The molecular formula is C19H17NO5S. The molecule has 0 amide bonds. The van der Waals surface area contributed by atoms with Crippen molar-refractivity contribution >= 4 is 29.3 Å².